The van der Waals surface area contributed by atoms with Crippen molar-refractivity contribution in [3.63, 3.8) is 0 Å². The minimum absolute atomic E-state index is 0.583. The molecule has 0 atom stereocenters. The number of aromatic amines is 1. The zero-order valence-corrected chi connectivity index (χ0v) is 10.6. The summed E-state index contributed by atoms with van der Waals surface area (Å²) in [6.07, 6.45) is 0.719. The quantitative estimate of drug-likeness (QED) is 0.762. The van der Waals surface area contributed by atoms with Crippen molar-refractivity contribution in [1.29, 1.82) is 0 Å². The Morgan fingerprint density at radius 3 is 2.79 bits per heavy atom. The molecule has 6 heteroatoms. The van der Waals surface area contributed by atoms with Crippen LogP contribution in [-0.2, 0) is 13.0 Å². The predicted octanol–water partition coefficient (Wildman–Crippen LogP) is 1.34. The van der Waals surface area contributed by atoms with Crippen LogP contribution in [0.2, 0.25) is 0 Å². The van der Waals surface area contributed by atoms with Gasteiger partial charge in [-0.25, -0.2) is 4.68 Å². The third-order valence-corrected chi connectivity index (χ3v) is 2.88. The number of aromatic nitrogens is 6. The second kappa shape index (κ2) is 5.01. The topological polar surface area (TPSA) is 72.3 Å². The van der Waals surface area contributed by atoms with E-state index in [4.69, 9.17) is 0 Å². The van der Waals surface area contributed by atoms with Crippen molar-refractivity contribution in [2.45, 2.75) is 19.9 Å². The number of benzene rings is 1. The van der Waals surface area contributed by atoms with Crippen LogP contribution >= 0.6 is 0 Å². The van der Waals surface area contributed by atoms with Crippen molar-refractivity contribution in [3.8, 4) is 0 Å². The smallest absolute Gasteiger partial charge is 0.156 e. The molecular weight excluding hydrogens is 240 g/mol. The van der Waals surface area contributed by atoms with E-state index in [0.29, 0.717) is 6.54 Å². The fraction of sp³-hybridized carbons (Fsp3) is 0.231. The van der Waals surface area contributed by atoms with Crippen LogP contribution in [0, 0.1) is 6.92 Å². The highest BCUT2D eigenvalue weighted by molar-refractivity contribution is 5.18. The SMILES string of the molecule is Cc1cc(Cn2nnnc2Cc2ccccc2)n[nH]1. The molecular formula is C13H14N6. The summed E-state index contributed by atoms with van der Waals surface area (Å²) < 4.78 is 1.78. The van der Waals surface area contributed by atoms with Crippen LogP contribution < -0.4 is 0 Å². The van der Waals surface area contributed by atoms with Gasteiger partial charge in [-0.1, -0.05) is 30.3 Å². The van der Waals surface area contributed by atoms with E-state index in [-0.39, 0.29) is 0 Å². The van der Waals surface area contributed by atoms with Crippen molar-refractivity contribution in [3.05, 3.63) is 59.2 Å². The molecule has 96 valence electrons. The summed E-state index contributed by atoms with van der Waals surface area (Å²) in [6.45, 7) is 2.56. The van der Waals surface area contributed by atoms with E-state index in [1.165, 1.54) is 5.56 Å². The van der Waals surface area contributed by atoms with Gasteiger partial charge in [-0.3, -0.25) is 5.10 Å². The third kappa shape index (κ3) is 2.67. The number of aryl methyl sites for hydroxylation is 1. The maximum atomic E-state index is 4.20. The van der Waals surface area contributed by atoms with Gasteiger partial charge < -0.3 is 0 Å². The first kappa shape index (κ1) is 11.6. The molecule has 1 N–H and O–H groups in total. The fourth-order valence-electron chi connectivity index (χ4n) is 1.96. The molecule has 0 amide bonds. The summed E-state index contributed by atoms with van der Waals surface area (Å²) in [5.41, 5.74) is 3.16. The average molecular weight is 254 g/mol. The standard InChI is InChI=1S/C13H14N6/c1-10-7-12(15-14-10)9-19-13(16-17-18-19)8-11-5-3-2-4-6-11/h2-7H,8-9H2,1H3,(H,14,15). The van der Waals surface area contributed by atoms with Crippen molar-refractivity contribution in [2.75, 3.05) is 0 Å². The highest BCUT2D eigenvalue weighted by atomic mass is 15.5. The monoisotopic (exact) mass is 254 g/mol. The lowest BCUT2D eigenvalue weighted by Crippen LogP contribution is -2.08. The van der Waals surface area contributed by atoms with E-state index in [9.17, 15) is 0 Å². The lowest BCUT2D eigenvalue weighted by molar-refractivity contribution is 0.614. The van der Waals surface area contributed by atoms with Crippen molar-refractivity contribution >= 4 is 0 Å². The molecule has 0 saturated heterocycles. The summed E-state index contributed by atoms with van der Waals surface area (Å²) >= 11 is 0. The largest absolute Gasteiger partial charge is 0.283 e. The molecule has 0 aliphatic carbocycles. The van der Waals surface area contributed by atoms with E-state index in [0.717, 1.165) is 23.6 Å². The van der Waals surface area contributed by atoms with Crippen LogP contribution in [0.4, 0.5) is 0 Å². The summed E-state index contributed by atoms with van der Waals surface area (Å²) in [6, 6.07) is 12.2. The Labute approximate surface area is 110 Å². The lowest BCUT2D eigenvalue weighted by atomic mass is 10.1. The minimum atomic E-state index is 0.583. The van der Waals surface area contributed by atoms with E-state index in [1.807, 2.05) is 31.2 Å². The molecule has 0 radical (unpaired) electrons. The lowest BCUT2D eigenvalue weighted by Gasteiger charge is -2.02. The van der Waals surface area contributed by atoms with Crippen molar-refractivity contribution in [1.82, 2.24) is 30.4 Å². The Balaban J connectivity index is 1.79. The van der Waals surface area contributed by atoms with Crippen LogP contribution in [0.15, 0.2) is 36.4 Å². The third-order valence-electron chi connectivity index (χ3n) is 2.88. The maximum Gasteiger partial charge on any atom is 0.156 e. The minimum Gasteiger partial charge on any atom is -0.283 e. The van der Waals surface area contributed by atoms with Crippen LogP contribution in [0.5, 0.6) is 0 Å². The first-order chi connectivity index (χ1) is 9.31. The van der Waals surface area contributed by atoms with E-state index in [1.54, 1.807) is 4.68 Å². The van der Waals surface area contributed by atoms with Gasteiger partial charge in [0, 0.05) is 12.1 Å². The number of nitrogens with zero attached hydrogens (tertiary/aromatic N) is 5. The zero-order valence-electron chi connectivity index (χ0n) is 10.6. The summed E-state index contributed by atoms with van der Waals surface area (Å²) in [7, 11) is 0. The molecule has 1 aromatic carbocycles. The number of nitrogens with one attached hydrogen (secondary N) is 1. The zero-order chi connectivity index (χ0) is 13.1. The number of tetrazole rings is 1. The Bertz CT molecular complexity index is 655. The van der Waals surface area contributed by atoms with E-state index >= 15 is 0 Å². The van der Waals surface area contributed by atoms with Crippen molar-refractivity contribution in [2.24, 2.45) is 0 Å². The highest BCUT2D eigenvalue weighted by Gasteiger charge is 2.09. The van der Waals surface area contributed by atoms with Gasteiger partial charge in [0.05, 0.1) is 12.2 Å². The van der Waals surface area contributed by atoms with Gasteiger partial charge in [0.15, 0.2) is 5.82 Å². The number of hydrogen-bond donors (Lipinski definition) is 1. The molecule has 0 aliphatic heterocycles. The van der Waals surface area contributed by atoms with E-state index < -0.39 is 0 Å². The molecule has 0 aliphatic rings. The summed E-state index contributed by atoms with van der Waals surface area (Å²) in [5, 5.41) is 19.0. The highest BCUT2D eigenvalue weighted by Crippen LogP contribution is 2.07. The molecule has 6 nitrogen and oxygen atoms in total. The van der Waals surface area contributed by atoms with Gasteiger partial charge in [-0.05, 0) is 29.0 Å². The second-order valence-corrected chi connectivity index (χ2v) is 4.46. The van der Waals surface area contributed by atoms with Gasteiger partial charge in [0.1, 0.15) is 0 Å². The molecule has 2 aromatic heterocycles. The van der Waals surface area contributed by atoms with Gasteiger partial charge in [0.25, 0.3) is 0 Å². The van der Waals surface area contributed by atoms with Gasteiger partial charge in [-0.2, -0.15) is 5.10 Å². The number of H-pyrrole nitrogens is 1. The Morgan fingerprint density at radius 1 is 1.21 bits per heavy atom. The molecule has 0 saturated carbocycles. The average Bonchev–Trinajstić information content (AvgIpc) is 3.01. The van der Waals surface area contributed by atoms with Crippen molar-refractivity contribution < 1.29 is 0 Å². The molecule has 0 fully saturated rings. The Hall–Kier alpha value is -2.50. The molecule has 0 bridgehead atoms. The first-order valence-electron chi connectivity index (χ1n) is 6.11. The van der Waals surface area contributed by atoms with E-state index in [2.05, 4.69) is 37.9 Å². The van der Waals surface area contributed by atoms with Crippen LogP contribution in [-0.4, -0.2) is 30.4 Å². The Kier molecular flexibility index (Phi) is 3.06. The number of rotatable bonds is 4. The van der Waals surface area contributed by atoms with Crippen LogP contribution in [0.25, 0.3) is 0 Å². The van der Waals surface area contributed by atoms with Gasteiger partial charge in [0.2, 0.25) is 0 Å². The summed E-state index contributed by atoms with van der Waals surface area (Å²) in [5.74, 6) is 0.840. The Morgan fingerprint density at radius 2 is 2.05 bits per heavy atom. The summed E-state index contributed by atoms with van der Waals surface area (Å²) in [4.78, 5) is 0. The molecule has 3 rings (SSSR count). The van der Waals surface area contributed by atoms with Gasteiger partial charge in [-0.15, -0.1) is 5.10 Å². The molecule has 2 heterocycles. The van der Waals surface area contributed by atoms with Crippen LogP contribution in [0.3, 0.4) is 0 Å². The molecule has 3 aromatic rings. The predicted molar refractivity (Wildman–Crippen MR) is 69.5 cm³/mol. The molecule has 0 spiro atoms. The maximum absolute atomic E-state index is 4.20. The second-order valence-electron chi connectivity index (χ2n) is 4.46. The first-order valence-corrected chi connectivity index (χ1v) is 6.11. The number of hydrogen-bond acceptors (Lipinski definition) is 4. The van der Waals surface area contributed by atoms with Gasteiger partial charge >= 0.3 is 0 Å². The fourth-order valence-corrected chi connectivity index (χ4v) is 1.96. The molecule has 19 heavy (non-hydrogen) atoms. The molecule has 0 unspecified atom stereocenters. The van der Waals surface area contributed by atoms with Crippen LogP contribution in [0.1, 0.15) is 22.8 Å². The normalized spacial score (nSPS) is 10.8.